The van der Waals surface area contributed by atoms with Gasteiger partial charge in [-0.25, -0.2) is 4.63 Å². The van der Waals surface area contributed by atoms with Gasteiger partial charge >= 0.3 is 0 Å². The predicted molar refractivity (Wildman–Crippen MR) is 117 cm³/mol. The van der Waals surface area contributed by atoms with Gasteiger partial charge in [0, 0.05) is 5.56 Å². The molecule has 0 aliphatic heterocycles. The maximum Gasteiger partial charge on any atom is 0.263 e. The van der Waals surface area contributed by atoms with Gasteiger partial charge in [0.1, 0.15) is 5.75 Å². The Balaban J connectivity index is 1.72. The van der Waals surface area contributed by atoms with Crippen LogP contribution in [0.2, 0.25) is 5.02 Å². The summed E-state index contributed by atoms with van der Waals surface area (Å²) in [4.78, 5) is 12.3. The number of nitrogens with zero attached hydrogens (tertiary/aromatic N) is 2. The van der Waals surface area contributed by atoms with E-state index < -0.39 is 5.91 Å². The van der Waals surface area contributed by atoms with E-state index in [2.05, 4.69) is 15.6 Å². The van der Waals surface area contributed by atoms with Crippen LogP contribution >= 0.6 is 11.6 Å². The third-order valence-electron chi connectivity index (χ3n) is 4.08. The van der Waals surface area contributed by atoms with E-state index in [1.165, 1.54) is 0 Å². The molecule has 0 atom stereocenters. The Morgan fingerprint density at radius 2 is 1.71 bits per heavy atom. The zero-order valence-corrected chi connectivity index (χ0v) is 18.1. The Hall–Kier alpha value is -3.26. The van der Waals surface area contributed by atoms with Gasteiger partial charge in [-0.3, -0.25) is 4.79 Å². The molecule has 0 unspecified atom stereocenters. The fraction of sp³-hybridized carbons (Fsp3) is 0.318. The minimum absolute atomic E-state index is 0.177. The van der Waals surface area contributed by atoms with Crippen LogP contribution in [0, 0.1) is 0 Å². The van der Waals surface area contributed by atoms with Gasteiger partial charge in [0.25, 0.3) is 5.91 Å². The topological polar surface area (TPSA) is 95.7 Å². The lowest BCUT2D eigenvalue weighted by Gasteiger charge is -2.13. The lowest BCUT2D eigenvalue weighted by molar-refractivity contribution is -0.118. The molecule has 3 aromatic rings. The molecule has 0 fully saturated rings. The number of benzene rings is 2. The average Bonchev–Trinajstić information content (AvgIpc) is 3.24. The van der Waals surface area contributed by atoms with Crippen LogP contribution in [-0.4, -0.2) is 36.0 Å². The number of para-hydroxylation sites is 1. The van der Waals surface area contributed by atoms with E-state index in [1.807, 2.05) is 13.8 Å². The molecule has 164 valence electrons. The van der Waals surface area contributed by atoms with Crippen molar-refractivity contribution in [2.24, 2.45) is 0 Å². The van der Waals surface area contributed by atoms with E-state index >= 15 is 0 Å². The van der Waals surface area contributed by atoms with Crippen molar-refractivity contribution in [2.75, 3.05) is 25.1 Å². The molecular formula is C22H24ClN3O5. The molecule has 31 heavy (non-hydrogen) atoms. The molecule has 8 nitrogen and oxygen atoms in total. The molecule has 1 aromatic heterocycles. The molecule has 0 aliphatic carbocycles. The fourth-order valence-corrected chi connectivity index (χ4v) is 2.83. The number of halogens is 1. The fourth-order valence-electron chi connectivity index (χ4n) is 2.64. The summed E-state index contributed by atoms with van der Waals surface area (Å²) in [7, 11) is 0. The average molecular weight is 446 g/mol. The molecule has 1 amide bonds. The first-order valence-electron chi connectivity index (χ1n) is 10.0. The summed E-state index contributed by atoms with van der Waals surface area (Å²) >= 11 is 6.03. The lowest BCUT2D eigenvalue weighted by Crippen LogP contribution is -2.20. The monoisotopic (exact) mass is 445 g/mol. The largest absolute Gasteiger partial charge is 0.490 e. The number of hydrogen-bond acceptors (Lipinski definition) is 7. The first-order valence-corrected chi connectivity index (χ1v) is 10.4. The van der Waals surface area contributed by atoms with Crippen molar-refractivity contribution in [3.05, 3.63) is 47.5 Å². The van der Waals surface area contributed by atoms with Crippen LogP contribution in [0.1, 0.15) is 26.7 Å². The van der Waals surface area contributed by atoms with Crippen LogP contribution in [0.5, 0.6) is 17.2 Å². The summed E-state index contributed by atoms with van der Waals surface area (Å²) in [5.41, 5.74) is 1.04. The number of hydrogen-bond donors (Lipinski definition) is 1. The van der Waals surface area contributed by atoms with Crippen molar-refractivity contribution in [1.29, 1.82) is 0 Å². The number of aromatic nitrogens is 2. The number of carbonyl (C=O) groups is 1. The van der Waals surface area contributed by atoms with Crippen molar-refractivity contribution in [3.63, 3.8) is 0 Å². The molecule has 0 bridgehead atoms. The van der Waals surface area contributed by atoms with Crippen LogP contribution in [-0.2, 0) is 4.79 Å². The van der Waals surface area contributed by atoms with E-state index in [1.54, 1.807) is 42.5 Å². The normalized spacial score (nSPS) is 10.5. The Morgan fingerprint density at radius 1 is 0.968 bits per heavy atom. The first kappa shape index (κ1) is 22.4. The molecular weight excluding hydrogens is 422 g/mol. The Morgan fingerprint density at radius 3 is 2.45 bits per heavy atom. The van der Waals surface area contributed by atoms with Gasteiger partial charge < -0.3 is 19.5 Å². The van der Waals surface area contributed by atoms with Crippen molar-refractivity contribution < 1.29 is 23.6 Å². The molecule has 9 heteroatoms. The van der Waals surface area contributed by atoms with Crippen LogP contribution < -0.4 is 19.5 Å². The quantitative estimate of drug-likeness (QED) is 0.444. The number of amides is 1. The molecule has 2 aromatic carbocycles. The van der Waals surface area contributed by atoms with Gasteiger partial charge in [0.15, 0.2) is 23.8 Å². The predicted octanol–water partition coefficient (Wildman–Crippen LogP) is 4.99. The maximum atomic E-state index is 12.3. The third kappa shape index (κ3) is 6.11. The molecule has 0 saturated heterocycles. The Labute approximate surface area is 185 Å². The molecule has 0 spiro atoms. The summed E-state index contributed by atoms with van der Waals surface area (Å²) in [6.45, 7) is 4.94. The zero-order chi connectivity index (χ0) is 22.1. The van der Waals surface area contributed by atoms with E-state index in [0.29, 0.717) is 46.7 Å². The minimum Gasteiger partial charge on any atom is -0.490 e. The van der Waals surface area contributed by atoms with Crippen LogP contribution in [0.3, 0.4) is 0 Å². The number of ether oxygens (including phenoxy) is 3. The molecule has 1 heterocycles. The minimum atomic E-state index is -0.428. The summed E-state index contributed by atoms with van der Waals surface area (Å²) in [6.07, 6.45) is 1.74. The Bertz CT molecular complexity index is 1010. The second-order valence-electron chi connectivity index (χ2n) is 6.59. The molecule has 0 aliphatic rings. The highest BCUT2D eigenvalue weighted by Crippen LogP contribution is 2.34. The number of nitrogens with one attached hydrogen (secondary N) is 1. The standard InChI is InChI=1S/C22H24ClN3O5/c1-3-11-28-18-10-9-15(13-19(18)29-12-4-2)21-22(26-31-25-21)24-20(27)14-30-17-8-6-5-7-16(17)23/h5-10,13H,3-4,11-12,14H2,1-2H3,(H,24,26,27). The SMILES string of the molecule is CCCOc1ccc(-c2nonc2NC(=O)COc2ccccc2Cl)cc1OCCC. The van der Waals surface area contributed by atoms with Crippen LogP contribution in [0.15, 0.2) is 47.1 Å². The maximum absolute atomic E-state index is 12.3. The number of rotatable bonds is 11. The van der Waals surface area contributed by atoms with Gasteiger partial charge in [0.05, 0.1) is 18.2 Å². The van der Waals surface area contributed by atoms with E-state index in [4.69, 9.17) is 30.4 Å². The van der Waals surface area contributed by atoms with E-state index in [0.717, 1.165) is 12.8 Å². The smallest absolute Gasteiger partial charge is 0.263 e. The van der Waals surface area contributed by atoms with Gasteiger partial charge in [-0.1, -0.05) is 37.6 Å². The lowest BCUT2D eigenvalue weighted by atomic mass is 10.1. The van der Waals surface area contributed by atoms with E-state index in [9.17, 15) is 4.79 Å². The van der Waals surface area contributed by atoms with Gasteiger partial charge in [-0.15, -0.1) is 0 Å². The summed E-state index contributed by atoms with van der Waals surface area (Å²) in [5.74, 6) is 1.40. The van der Waals surface area contributed by atoms with Crippen LogP contribution in [0.25, 0.3) is 11.3 Å². The molecule has 0 radical (unpaired) electrons. The molecule has 1 N–H and O–H groups in total. The second-order valence-corrected chi connectivity index (χ2v) is 6.99. The highest BCUT2D eigenvalue weighted by molar-refractivity contribution is 6.32. The van der Waals surface area contributed by atoms with Crippen molar-refractivity contribution in [1.82, 2.24) is 10.3 Å². The van der Waals surface area contributed by atoms with Gasteiger partial charge in [-0.05, 0) is 53.5 Å². The highest BCUT2D eigenvalue weighted by Gasteiger charge is 2.18. The van der Waals surface area contributed by atoms with Crippen molar-refractivity contribution in [2.45, 2.75) is 26.7 Å². The molecule has 0 saturated carbocycles. The van der Waals surface area contributed by atoms with Crippen molar-refractivity contribution >= 4 is 23.3 Å². The summed E-state index contributed by atoms with van der Waals surface area (Å²) < 4.78 is 21.9. The van der Waals surface area contributed by atoms with E-state index in [-0.39, 0.29) is 12.4 Å². The summed E-state index contributed by atoms with van der Waals surface area (Å²) in [6, 6.07) is 12.3. The number of carbonyl (C=O) groups excluding carboxylic acids is 1. The first-order chi connectivity index (χ1) is 15.1. The van der Waals surface area contributed by atoms with Crippen molar-refractivity contribution in [3.8, 4) is 28.5 Å². The second kappa shape index (κ2) is 11.2. The zero-order valence-electron chi connectivity index (χ0n) is 17.4. The highest BCUT2D eigenvalue weighted by atomic mass is 35.5. The Kier molecular flexibility index (Phi) is 8.12. The van der Waals surface area contributed by atoms with Gasteiger partial charge in [-0.2, -0.15) is 0 Å². The third-order valence-corrected chi connectivity index (χ3v) is 4.39. The van der Waals surface area contributed by atoms with Gasteiger partial charge in [0.2, 0.25) is 5.82 Å². The van der Waals surface area contributed by atoms with Crippen LogP contribution in [0.4, 0.5) is 5.82 Å². The summed E-state index contributed by atoms with van der Waals surface area (Å²) in [5, 5.41) is 10.8. The molecule has 3 rings (SSSR count). The number of anilines is 1.